The van der Waals surface area contributed by atoms with Gasteiger partial charge in [0.15, 0.2) is 0 Å². The van der Waals surface area contributed by atoms with Crippen LogP contribution in [0.1, 0.15) is 26.3 Å². The van der Waals surface area contributed by atoms with Gasteiger partial charge >= 0.3 is 12.1 Å². The quantitative estimate of drug-likeness (QED) is 0.695. The number of ether oxygens (including phenoxy) is 3. The minimum atomic E-state index is -0.525. The number of hydrogen-bond acceptors (Lipinski definition) is 6. The smallest absolute Gasteiger partial charge is 0.410 e. The number of likely N-dealkylation sites (tertiary alicyclic amines) is 1. The zero-order chi connectivity index (χ0) is 20.9. The lowest BCUT2D eigenvalue weighted by Gasteiger charge is -2.40. The molecule has 3 aliphatic heterocycles. The van der Waals surface area contributed by atoms with Gasteiger partial charge in [-0.25, -0.2) is 9.59 Å². The molecule has 0 atom stereocenters. The normalized spacial score (nSPS) is 18.7. The molecule has 0 spiro atoms. The van der Waals surface area contributed by atoms with Gasteiger partial charge in [0.25, 0.3) is 0 Å². The zero-order valence-corrected chi connectivity index (χ0v) is 18.3. The van der Waals surface area contributed by atoms with Crippen LogP contribution in [0.4, 0.5) is 9.59 Å². The molecule has 29 heavy (non-hydrogen) atoms. The number of nitrogens with one attached hydrogen (secondary N) is 2. The largest absolute Gasteiger partial charge is 0.486 e. The Morgan fingerprint density at radius 1 is 1.28 bits per heavy atom. The molecule has 0 unspecified atom stereocenters. The number of halogens is 1. The van der Waals surface area contributed by atoms with Crippen LogP contribution in [0.3, 0.4) is 0 Å². The van der Waals surface area contributed by atoms with Crippen LogP contribution < -0.4 is 20.3 Å². The Bertz CT molecular complexity index is 905. The molecule has 1 saturated heterocycles. The minimum Gasteiger partial charge on any atom is -0.486 e. The van der Waals surface area contributed by atoms with E-state index >= 15 is 0 Å². The van der Waals surface area contributed by atoms with Crippen molar-refractivity contribution in [3.8, 4) is 11.5 Å². The molecule has 1 fully saturated rings. The molecule has 9 nitrogen and oxygen atoms in total. The second-order valence-electron chi connectivity index (χ2n) is 8.13. The van der Waals surface area contributed by atoms with E-state index in [0.717, 1.165) is 21.4 Å². The molecule has 0 bridgehead atoms. The van der Waals surface area contributed by atoms with E-state index in [1.165, 1.54) is 0 Å². The summed E-state index contributed by atoms with van der Waals surface area (Å²) in [5.41, 5.74) is 7.21. The second kappa shape index (κ2) is 7.01. The number of amides is 3. The number of urea groups is 1. The Hall–Kier alpha value is -2.62. The van der Waals surface area contributed by atoms with E-state index in [2.05, 4.69) is 26.8 Å². The molecular formula is C19H23BrN4O5. The van der Waals surface area contributed by atoms with Crippen molar-refractivity contribution in [1.82, 2.24) is 20.7 Å². The number of fused-ring (bicyclic) bond motifs is 2. The Kier molecular flexibility index (Phi) is 4.76. The average Bonchev–Trinajstić information content (AvgIpc) is 2.59. The van der Waals surface area contributed by atoms with Crippen LogP contribution in [0.2, 0.25) is 0 Å². The highest BCUT2D eigenvalue weighted by Crippen LogP contribution is 2.41. The van der Waals surface area contributed by atoms with Gasteiger partial charge in [-0.1, -0.05) is 0 Å². The van der Waals surface area contributed by atoms with Crippen LogP contribution in [0, 0.1) is 0 Å². The van der Waals surface area contributed by atoms with Crippen molar-refractivity contribution in [2.45, 2.75) is 32.5 Å². The van der Waals surface area contributed by atoms with Crippen LogP contribution in [0.5, 0.6) is 11.5 Å². The molecule has 3 aliphatic rings. The third-order valence-electron chi connectivity index (χ3n) is 4.70. The lowest BCUT2D eigenvalue weighted by atomic mass is 10.0. The third kappa shape index (κ3) is 3.81. The van der Waals surface area contributed by atoms with Gasteiger partial charge in [-0.15, -0.1) is 0 Å². The van der Waals surface area contributed by atoms with Gasteiger partial charge in [-0.05, 0) is 48.8 Å². The first-order chi connectivity index (χ1) is 13.6. The molecule has 0 aliphatic carbocycles. The topological polar surface area (TPSA) is 92.4 Å². The first-order valence-electron chi connectivity index (χ1n) is 9.26. The summed E-state index contributed by atoms with van der Waals surface area (Å²) in [7, 11) is 1.70. The Morgan fingerprint density at radius 3 is 2.69 bits per heavy atom. The van der Waals surface area contributed by atoms with Gasteiger partial charge in [-0.3, -0.25) is 15.8 Å². The summed E-state index contributed by atoms with van der Waals surface area (Å²) in [5, 5.41) is 0. The molecule has 10 heteroatoms. The highest BCUT2D eigenvalue weighted by Gasteiger charge is 2.36. The van der Waals surface area contributed by atoms with Crippen molar-refractivity contribution in [3.05, 3.63) is 27.9 Å². The van der Waals surface area contributed by atoms with E-state index in [-0.39, 0.29) is 18.2 Å². The molecule has 0 saturated carbocycles. The van der Waals surface area contributed by atoms with Crippen molar-refractivity contribution < 1.29 is 23.8 Å². The lowest BCUT2D eigenvalue weighted by Crippen LogP contribution is -2.57. The van der Waals surface area contributed by atoms with E-state index in [9.17, 15) is 9.59 Å². The van der Waals surface area contributed by atoms with Crippen LogP contribution in [-0.2, 0) is 4.74 Å². The summed E-state index contributed by atoms with van der Waals surface area (Å²) in [6.07, 6.45) is -0.480. The average molecular weight is 467 g/mol. The fraction of sp³-hybridized carbons (Fsp3) is 0.474. The highest BCUT2D eigenvalue weighted by molar-refractivity contribution is 9.10. The Labute approximate surface area is 177 Å². The molecule has 1 aromatic carbocycles. The number of rotatable bonds is 2. The summed E-state index contributed by atoms with van der Waals surface area (Å²) in [5.74, 6) is 1.28. The Balaban J connectivity index is 1.49. The predicted molar refractivity (Wildman–Crippen MR) is 108 cm³/mol. The molecule has 0 aromatic heterocycles. The van der Waals surface area contributed by atoms with Gasteiger partial charge < -0.3 is 19.1 Å². The minimum absolute atomic E-state index is 0.139. The maximum atomic E-state index is 12.1. The van der Waals surface area contributed by atoms with Gasteiger partial charge in [0.1, 0.15) is 29.8 Å². The van der Waals surface area contributed by atoms with E-state index in [4.69, 9.17) is 14.2 Å². The lowest BCUT2D eigenvalue weighted by molar-refractivity contribution is -0.0223. The van der Waals surface area contributed by atoms with Crippen molar-refractivity contribution in [1.29, 1.82) is 0 Å². The summed E-state index contributed by atoms with van der Waals surface area (Å²) < 4.78 is 18.0. The van der Waals surface area contributed by atoms with Crippen LogP contribution in [0.15, 0.2) is 22.3 Å². The molecule has 156 valence electrons. The van der Waals surface area contributed by atoms with Crippen LogP contribution >= 0.6 is 15.9 Å². The van der Waals surface area contributed by atoms with Crippen LogP contribution in [0.25, 0.3) is 5.70 Å². The number of hydrazine groups is 1. The summed E-state index contributed by atoms with van der Waals surface area (Å²) in [6, 6.07) is 3.42. The number of carbonyl (C=O) groups excluding carboxylic acids is 2. The summed E-state index contributed by atoms with van der Waals surface area (Å²) in [4.78, 5) is 27.3. The predicted octanol–water partition coefficient (Wildman–Crippen LogP) is 2.67. The van der Waals surface area contributed by atoms with Crippen molar-refractivity contribution in [3.63, 3.8) is 0 Å². The summed E-state index contributed by atoms with van der Waals surface area (Å²) in [6.45, 7) is 6.74. The first-order valence-corrected chi connectivity index (χ1v) is 10.1. The first kappa shape index (κ1) is 19.7. The molecule has 4 rings (SSSR count). The number of nitrogens with zero attached hydrogens (tertiary/aromatic N) is 2. The zero-order valence-electron chi connectivity index (χ0n) is 16.7. The van der Waals surface area contributed by atoms with Crippen molar-refractivity contribution >= 4 is 33.8 Å². The van der Waals surface area contributed by atoms with Gasteiger partial charge in [-0.2, -0.15) is 0 Å². The standard InChI is InChI=1S/C19H23BrN4O5/c1-19(2,3)29-18(26)24-7-10(8-24)28-15-5-11-14(6-12(15)20)27-9-13-16(11)23(4)17(25)22-21-13/h5-6,10,21H,7-9H2,1-4H3,(H,22,25). The van der Waals surface area contributed by atoms with E-state index in [0.29, 0.717) is 31.2 Å². The number of carbonyl (C=O) groups is 2. The Morgan fingerprint density at radius 2 is 2.00 bits per heavy atom. The number of hydrogen-bond donors (Lipinski definition) is 2. The van der Waals surface area contributed by atoms with Crippen molar-refractivity contribution in [2.75, 3.05) is 26.7 Å². The highest BCUT2D eigenvalue weighted by atomic mass is 79.9. The van der Waals surface area contributed by atoms with Gasteiger partial charge in [0, 0.05) is 12.6 Å². The maximum Gasteiger partial charge on any atom is 0.410 e. The van der Waals surface area contributed by atoms with Crippen molar-refractivity contribution in [2.24, 2.45) is 0 Å². The summed E-state index contributed by atoms with van der Waals surface area (Å²) >= 11 is 3.52. The van der Waals surface area contributed by atoms with Crippen LogP contribution in [-0.4, -0.2) is 60.4 Å². The molecular weight excluding hydrogens is 444 g/mol. The SMILES string of the molecule is CN1C(=O)NNC2=C1c1cc(OC3CN(C(=O)OC(C)(C)C)C3)c(Br)cc1OC2. The van der Waals surface area contributed by atoms with E-state index < -0.39 is 5.60 Å². The maximum absolute atomic E-state index is 12.1. The molecule has 3 amide bonds. The fourth-order valence-electron chi connectivity index (χ4n) is 3.27. The fourth-order valence-corrected chi connectivity index (χ4v) is 3.69. The number of benzene rings is 1. The molecule has 0 radical (unpaired) electrons. The van der Waals surface area contributed by atoms with E-state index in [1.807, 2.05) is 32.9 Å². The van der Waals surface area contributed by atoms with E-state index in [1.54, 1.807) is 16.8 Å². The molecule has 3 heterocycles. The molecule has 1 aromatic rings. The third-order valence-corrected chi connectivity index (χ3v) is 5.32. The monoisotopic (exact) mass is 466 g/mol. The second-order valence-corrected chi connectivity index (χ2v) is 8.99. The van der Waals surface area contributed by atoms with Gasteiger partial charge in [0.05, 0.1) is 29.0 Å². The molecule has 2 N–H and O–H groups in total. The van der Waals surface area contributed by atoms with Gasteiger partial charge in [0.2, 0.25) is 0 Å².